The molecule has 0 spiro atoms. The van der Waals surface area contributed by atoms with E-state index in [0.29, 0.717) is 16.8 Å². The van der Waals surface area contributed by atoms with Crippen molar-refractivity contribution in [2.24, 2.45) is 0 Å². The molecule has 0 fully saturated rings. The lowest BCUT2D eigenvalue weighted by molar-refractivity contribution is -0.136. The molecule has 2 heterocycles. The van der Waals surface area contributed by atoms with Crippen molar-refractivity contribution in [1.29, 1.82) is 0 Å². The number of benzene rings is 2. The fourth-order valence-electron chi connectivity index (χ4n) is 2.92. The standard InChI is InChI=1S/C20H12F3NO3/c21-20(22,23)14-3-1-2-13-10-17(27-18(13)14)16-9-8-15(24-16)11-4-6-12(7-5-11)19(25)26/h1-10,24H,(H,25,26). The molecule has 27 heavy (non-hydrogen) atoms. The SMILES string of the molecule is O=C(O)c1ccc(-c2ccc(-c3cc4cccc(C(F)(F)F)c4o3)[nH]2)cc1. The number of nitrogens with one attached hydrogen (secondary N) is 1. The van der Waals surface area contributed by atoms with Crippen molar-refractivity contribution in [2.75, 3.05) is 0 Å². The molecular weight excluding hydrogens is 359 g/mol. The smallest absolute Gasteiger partial charge is 0.420 e. The van der Waals surface area contributed by atoms with Crippen LogP contribution in [0.4, 0.5) is 13.2 Å². The highest BCUT2D eigenvalue weighted by Crippen LogP contribution is 2.38. The summed E-state index contributed by atoms with van der Waals surface area (Å²) >= 11 is 0. The number of aromatic amines is 1. The molecule has 4 rings (SSSR count). The average Bonchev–Trinajstić information content (AvgIpc) is 3.27. The van der Waals surface area contributed by atoms with Crippen LogP contribution in [0, 0.1) is 0 Å². The lowest BCUT2D eigenvalue weighted by Gasteiger charge is -2.06. The molecule has 2 aromatic heterocycles. The van der Waals surface area contributed by atoms with Crippen LogP contribution in [0.15, 0.2) is 65.1 Å². The number of H-pyrrole nitrogens is 1. The van der Waals surface area contributed by atoms with E-state index in [1.165, 1.54) is 18.2 Å². The van der Waals surface area contributed by atoms with Crippen molar-refractivity contribution in [3.8, 4) is 22.7 Å². The highest BCUT2D eigenvalue weighted by Gasteiger charge is 2.34. The van der Waals surface area contributed by atoms with E-state index in [9.17, 15) is 18.0 Å². The summed E-state index contributed by atoms with van der Waals surface area (Å²) in [7, 11) is 0. The number of rotatable bonds is 3. The molecule has 0 saturated heterocycles. The lowest BCUT2D eigenvalue weighted by Crippen LogP contribution is -2.04. The summed E-state index contributed by atoms with van der Waals surface area (Å²) in [5.41, 5.74) is 1.11. The van der Waals surface area contributed by atoms with E-state index in [2.05, 4.69) is 4.98 Å². The lowest BCUT2D eigenvalue weighted by atomic mass is 10.1. The van der Waals surface area contributed by atoms with Crippen molar-refractivity contribution >= 4 is 16.9 Å². The highest BCUT2D eigenvalue weighted by molar-refractivity contribution is 5.88. The number of furan rings is 1. The van der Waals surface area contributed by atoms with Crippen molar-refractivity contribution < 1.29 is 27.5 Å². The first kappa shape index (κ1) is 17.0. The van der Waals surface area contributed by atoms with E-state index >= 15 is 0 Å². The van der Waals surface area contributed by atoms with Gasteiger partial charge in [0.25, 0.3) is 0 Å². The monoisotopic (exact) mass is 371 g/mol. The predicted octanol–water partition coefficient (Wildman–Crippen LogP) is 5.81. The number of carboxylic acid groups (broad SMARTS) is 1. The van der Waals surface area contributed by atoms with Crippen LogP contribution in [0.5, 0.6) is 0 Å². The van der Waals surface area contributed by atoms with Gasteiger partial charge in [-0.1, -0.05) is 24.3 Å². The number of carbonyl (C=O) groups is 1. The van der Waals surface area contributed by atoms with Gasteiger partial charge in [0.2, 0.25) is 0 Å². The Morgan fingerprint density at radius 1 is 0.963 bits per heavy atom. The van der Waals surface area contributed by atoms with Crippen LogP contribution in [-0.4, -0.2) is 16.1 Å². The number of alkyl halides is 3. The minimum Gasteiger partial charge on any atom is -0.478 e. The van der Waals surface area contributed by atoms with E-state index in [1.807, 2.05) is 0 Å². The maximum Gasteiger partial charge on any atom is 0.420 e. The molecule has 0 saturated carbocycles. The van der Waals surface area contributed by atoms with Crippen LogP contribution in [0.2, 0.25) is 0 Å². The van der Waals surface area contributed by atoms with Gasteiger partial charge in [-0.2, -0.15) is 13.2 Å². The number of aromatic nitrogens is 1. The van der Waals surface area contributed by atoms with E-state index in [0.717, 1.165) is 11.6 Å². The summed E-state index contributed by atoms with van der Waals surface area (Å²) in [6.07, 6.45) is -4.50. The van der Waals surface area contributed by atoms with Gasteiger partial charge in [0.1, 0.15) is 5.58 Å². The van der Waals surface area contributed by atoms with Gasteiger partial charge in [0.05, 0.1) is 16.8 Å². The molecule has 0 bridgehead atoms. The molecule has 2 N–H and O–H groups in total. The number of fused-ring (bicyclic) bond motifs is 1. The topological polar surface area (TPSA) is 66.2 Å². The minimum atomic E-state index is -4.50. The van der Waals surface area contributed by atoms with E-state index in [-0.39, 0.29) is 16.9 Å². The summed E-state index contributed by atoms with van der Waals surface area (Å²) < 4.78 is 44.9. The second-order valence-electron chi connectivity index (χ2n) is 6.00. The molecular formula is C20H12F3NO3. The largest absolute Gasteiger partial charge is 0.478 e. The van der Waals surface area contributed by atoms with Crippen molar-refractivity contribution in [2.45, 2.75) is 6.18 Å². The highest BCUT2D eigenvalue weighted by atomic mass is 19.4. The van der Waals surface area contributed by atoms with Gasteiger partial charge in [0.15, 0.2) is 5.76 Å². The number of para-hydroxylation sites is 1. The molecule has 0 aliphatic carbocycles. The van der Waals surface area contributed by atoms with Gasteiger partial charge in [0, 0.05) is 11.1 Å². The third kappa shape index (κ3) is 3.08. The maximum atomic E-state index is 13.1. The van der Waals surface area contributed by atoms with Crippen LogP contribution < -0.4 is 0 Å². The van der Waals surface area contributed by atoms with E-state index < -0.39 is 17.7 Å². The number of hydrogen-bond acceptors (Lipinski definition) is 2. The Balaban J connectivity index is 1.72. The van der Waals surface area contributed by atoms with Crippen LogP contribution >= 0.6 is 0 Å². The molecule has 0 aliphatic heterocycles. The molecule has 4 nitrogen and oxygen atoms in total. The normalized spacial score (nSPS) is 11.8. The first-order valence-corrected chi connectivity index (χ1v) is 7.96. The third-order valence-corrected chi connectivity index (χ3v) is 4.24. The quantitative estimate of drug-likeness (QED) is 0.477. The summed E-state index contributed by atoms with van der Waals surface area (Å²) in [6.45, 7) is 0. The maximum absolute atomic E-state index is 13.1. The summed E-state index contributed by atoms with van der Waals surface area (Å²) in [6, 6.07) is 15.2. The van der Waals surface area contributed by atoms with Crippen LogP contribution in [0.25, 0.3) is 33.7 Å². The molecule has 7 heteroatoms. The minimum absolute atomic E-state index is 0.169. The zero-order valence-electron chi connectivity index (χ0n) is 13.7. The summed E-state index contributed by atoms with van der Waals surface area (Å²) in [4.78, 5) is 14.0. The Morgan fingerprint density at radius 2 is 1.67 bits per heavy atom. The first-order chi connectivity index (χ1) is 12.8. The van der Waals surface area contributed by atoms with Gasteiger partial charge in [-0.05, 0) is 42.0 Å². The number of halogens is 3. The first-order valence-electron chi connectivity index (χ1n) is 7.96. The van der Waals surface area contributed by atoms with E-state index in [1.54, 1.807) is 36.4 Å². The second-order valence-corrected chi connectivity index (χ2v) is 6.00. The number of carboxylic acids is 1. The van der Waals surface area contributed by atoms with Crippen LogP contribution in [0.3, 0.4) is 0 Å². The molecule has 0 unspecified atom stereocenters. The second kappa shape index (κ2) is 6.05. The molecule has 0 radical (unpaired) electrons. The van der Waals surface area contributed by atoms with Crippen LogP contribution in [-0.2, 0) is 6.18 Å². The molecule has 0 atom stereocenters. The van der Waals surface area contributed by atoms with Crippen molar-refractivity contribution in [3.05, 3.63) is 71.8 Å². The average molecular weight is 371 g/mol. The zero-order valence-corrected chi connectivity index (χ0v) is 13.7. The Hall–Kier alpha value is -3.48. The van der Waals surface area contributed by atoms with Crippen molar-refractivity contribution in [3.63, 3.8) is 0 Å². The third-order valence-electron chi connectivity index (χ3n) is 4.24. The van der Waals surface area contributed by atoms with Crippen LogP contribution in [0.1, 0.15) is 15.9 Å². The van der Waals surface area contributed by atoms with Gasteiger partial charge >= 0.3 is 12.1 Å². The molecule has 2 aromatic carbocycles. The van der Waals surface area contributed by atoms with Gasteiger partial charge < -0.3 is 14.5 Å². The fourth-order valence-corrected chi connectivity index (χ4v) is 2.92. The molecule has 0 amide bonds. The number of hydrogen-bond donors (Lipinski definition) is 2. The number of aromatic carboxylic acids is 1. The molecule has 0 aliphatic rings. The van der Waals surface area contributed by atoms with Crippen molar-refractivity contribution in [1.82, 2.24) is 4.98 Å². The fraction of sp³-hybridized carbons (Fsp3) is 0.0500. The van der Waals surface area contributed by atoms with Gasteiger partial charge in [-0.15, -0.1) is 0 Å². The van der Waals surface area contributed by atoms with E-state index in [4.69, 9.17) is 9.52 Å². The Bertz CT molecular complexity index is 1140. The predicted molar refractivity (Wildman–Crippen MR) is 93.4 cm³/mol. The van der Waals surface area contributed by atoms with Gasteiger partial charge in [-0.25, -0.2) is 4.79 Å². The zero-order chi connectivity index (χ0) is 19.2. The Kier molecular flexibility index (Phi) is 3.80. The van der Waals surface area contributed by atoms with Gasteiger partial charge in [-0.3, -0.25) is 0 Å². The Morgan fingerprint density at radius 3 is 2.33 bits per heavy atom. The summed E-state index contributed by atoms with van der Waals surface area (Å²) in [5.74, 6) is -0.730. The summed E-state index contributed by atoms with van der Waals surface area (Å²) in [5, 5.41) is 9.31. The Labute approximate surface area is 150 Å². The molecule has 136 valence electrons. The molecule has 4 aromatic rings.